The number of allylic oxidation sites excluding steroid dienone is 2. The molecule has 2 aromatic rings. The van der Waals surface area contributed by atoms with Crippen LogP contribution in [0.4, 0.5) is 14.6 Å². The highest BCUT2D eigenvalue weighted by atomic mass is 32.2. The fraction of sp³-hybridized carbons (Fsp3) is 0.250. The number of nitrogens with one attached hydrogen (secondary N) is 1. The van der Waals surface area contributed by atoms with E-state index >= 15 is 0 Å². The predicted molar refractivity (Wildman–Crippen MR) is 116 cm³/mol. The van der Waals surface area contributed by atoms with E-state index in [1.165, 1.54) is 25.4 Å². The summed E-state index contributed by atoms with van der Waals surface area (Å²) in [7, 11) is 4.11. The Balaban J connectivity index is 0.000000591. The minimum atomic E-state index is -0.539. The minimum Gasteiger partial charge on any atom is -0.400 e. The lowest BCUT2D eigenvalue weighted by Gasteiger charge is -2.15. The lowest BCUT2D eigenvalue weighted by atomic mass is 10.0. The SMILES string of the molecule is CC(=C(C=O)C=O)c1cc(SN)cnc1N(C)O.CNCc1ccc(F)cc1F.CO. The summed E-state index contributed by atoms with van der Waals surface area (Å²) < 4.78 is 25.1. The number of aromatic nitrogens is 1. The number of hydrogen-bond donors (Lipinski definition) is 4. The Morgan fingerprint density at radius 3 is 2.32 bits per heavy atom. The zero-order chi connectivity index (χ0) is 24.0. The number of aldehydes is 2. The molecular weight excluding hydrogens is 430 g/mol. The van der Waals surface area contributed by atoms with Gasteiger partial charge >= 0.3 is 0 Å². The van der Waals surface area contributed by atoms with E-state index in [0.717, 1.165) is 30.2 Å². The molecule has 11 heteroatoms. The first-order chi connectivity index (χ1) is 14.8. The van der Waals surface area contributed by atoms with E-state index in [4.69, 9.17) is 10.2 Å². The van der Waals surface area contributed by atoms with Gasteiger partial charge in [-0.2, -0.15) is 0 Å². The highest BCUT2D eigenvalue weighted by molar-refractivity contribution is 7.97. The largest absolute Gasteiger partial charge is 0.400 e. The molecule has 0 aliphatic heterocycles. The van der Waals surface area contributed by atoms with Gasteiger partial charge in [-0.05, 0) is 43.6 Å². The Morgan fingerprint density at radius 2 is 1.87 bits per heavy atom. The van der Waals surface area contributed by atoms with Crippen molar-refractivity contribution >= 4 is 35.9 Å². The molecule has 0 aliphatic carbocycles. The maximum atomic E-state index is 12.8. The molecule has 1 aromatic carbocycles. The molecule has 170 valence electrons. The molecule has 0 atom stereocenters. The molecule has 2 rings (SSSR count). The van der Waals surface area contributed by atoms with Crippen LogP contribution in [0, 0.1) is 11.6 Å². The van der Waals surface area contributed by atoms with Gasteiger partial charge in [0.05, 0.1) is 5.57 Å². The summed E-state index contributed by atoms with van der Waals surface area (Å²) in [5, 5.41) is 25.5. The molecule has 0 aliphatic rings. The second-order valence-corrected chi connectivity index (χ2v) is 6.47. The summed E-state index contributed by atoms with van der Waals surface area (Å²) >= 11 is 0.986. The van der Waals surface area contributed by atoms with Crippen LogP contribution in [0.2, 0.25) is 0 Å². The Hall–Kier alpha value is -2.70. The van der Waals surface area contributed by atoms with Gasteiger partial charge in [0.2, 0.25) is 0 Å². The zero-order valence-electron chi connectivity index (χ0n) is 17.6. The van der Waals surface area contributed by atoms with Crippen molar-refractivity contribution < 1.29 is 28.7 Å². The fourth-order valence-electron chi connectivity index (χ4n) is 2.25. The number of pyridine rings is 1. The van der Waals surface area contributed by atoms with Crippen LogP contribution in [0.25, 0.3) is 5.57 Å². The Morgan fingerprint density at radius 1 is 1.26 bits per heavy atom. The highest BCUT2D eigenvalue weighted by Gasteiger charge is 2.13. The summed E-state index contributed by atoms with van der Waals surface area (Å²) in [5.41, 5.74) is 1.39. The summed E-state index contributed by atoms with van der Waals surface area (Å²) in [6, 6.07) is 5.21. The van der Waals surface area contributed by atoms with Gasteiger partial charge in [0.1, 0.15) is 11.6 Å². The normalized spacial score (nSPS) is 9.45. The van der Waals surface area contributed by atoms with Crippen molar-refractivity contribution in [1.29, 1.82) is 0 Å². The van der Waals surface area contributed by atoms with E-state index in [9.17, 15) is 23.6 Å². The number of anilines is 1. The Labute approximate surface area is 183 Å². The van der Waals surface area contributed by atoms with Crippen LogP contribution >= 0.6 is 11.9 Å². The number of nitrogens with two attached hydrogens (primary N) is 1. The minimum absolute atomic E-state index is 0.000860. The van der Waals surface area contributed by atoms with Crippen LogP contribution in [0.5, 0.6) is 0 Å². The summed E-state index contributed by atoms with van der Waals surface area (Å²) in [6.45, 7) is 2.03. The highest BCUT2D eigenvalue weighted by Crippen LogP contribution is 2.28. The number of aliphatic hydroxyl groups excluding tert-OH is 1. The number of hydroxylamine groups is 1. The van der Waals surface area contributed by atoms with Gasteiger partial charge in [0, 0.05) is 49.0 Å². The number of rotatable bonds is 7. The van der Waals surface area contributed by atoms with Gasteiger partial charge in [-0.25, -0.2) is 18.8 Å². The monoisotopic (exact) mass is 456 g/mol. The third-order valence-electron chi connectivity index (χ3n) is 3.76. The average Bonchev–Trinajstić information content (AvgIpc) is 2.77. The number of aliphatic hydroxyl groups is 1. The van der Waals surface area contributed by atoms with Crippen molar-refractivity contribution in [2.24, 2.45) is 5.14 Å². The van der Waals surface area contributed by atoms with E-state index in [0.29, 0.717) is 40.7 Å². The third-order valence-corrected chi connectivity index (χ3v) is 4.25. The molecule has 5 N–H and O–H groups in total. The smallest absolute Gasteiger partial charge is 0.159 e. The number of hydrogen-bond acceptors (Lipinski definition) is 9. The van der Waals surface area contributed by atoms with E-state index in [1.807, 2.05) is 0 Å². The van der Waals surface area contributed by atoms with Crippen molar-refractivity contribution in [3.05, 3.63) is 58.8 Å². The molecule has 8 nitrogen and oxygen atoms in total. The van der Waals surface area contributed by atoms with Crippen LogP contribution in [0.15, 0.2) is 40.9 Å². The number of nitrogens with zero attached hydrogens (tertiary/aromatic N) is 2. The van der Waals surface area contributed by atoms with Gasteiger partial charge in [-0.15, -0.1) is 0 Å². The molecule has 0 spiro atoms. The Kier molecular flexibility index (Phi) is 13.8. The van der Waals surface area contributed by atoms with E-state index in [1.54, 1.807) is 20.0 Å². The number of benzene rings is 1. The summed E-state index contributed by atoms with van der Waals surface area (Å²) in [4.78, 5) is 26.2. The van der Waals surface area contributed by atoms with Crippen LogP contribution in [-0.2, 0) is 16.1 Å². The first-order valence-corrected chi connectivity index (χ1v) is 9.61. The number of carbonyl (C=O) groups excluding carboxylic acids is 2. The molecule has 0 fully saturated rings. The average molecular weight is 457 g/mol. The zero-order valence-corrected chi connectivity index (χ0v) is 18.4. The lowest BCUT2D eigenvalue weighted by Crippen LogP contribution is -2.14. The quantitative estimate of drug-likeness (QED) is 0.124. The van der Waals surface area contributed by atoms with Crippen LogP contribution in [-0.4, -0.2) is 49.1 Å². The van der Waals surface area contributed by atoms with Crippen molar-refractivity contribution in [2.75, 3.05) is 26.3 Å². The van der Waals surface area contributed by atoms with Crippen LogP contribution in [0.3, 0.4) is 0 Å². The molecule has 1 aromatic heterocycles. The van der Waals surface area contributed by atoms with E-state index < -0.39 is 11.6 Å². The lowest BCUT2D eigenvalue weighted by molar-refractivity contribution is -0.109. The molecule has 0 bridgehead atoms. The van der Waals surface area contributed by atoms with Crippen molar-refractivity contribution in [2.45, 2.75) is 18.4 Å². The number of carbonyl (C=O) groups is 2. The molecule has 0 saturated heterocycles. The molecule has 1 heterocycles. The van der Waals surface area contributed by atoms with Gasteiger partial charge in [-0.1, -0.05) is 6.07 Å². The maximum absolute atomic E-state index is 12.8. The Bertz CT molecular complexity index is 885. The summed E-state index contributed by atoms with van der Waals surface area (Å²) in [5.74, 6) is -0.798. The third kappa shape index (κ3) is 8.90. The first kappa shape index (κ1) is 28.3. The fourth-order valence-corrected chi connectivity index (χ4v) is 2.55. The molecule has 0 saturated carbocycles. The van der Waals surface area contributed by atoms with Crippen LogP contribution < -0.4 is 15.5 Å². The second kappa shape index (κ2) is 15.2. The van der Waals surface area contributed by atoms with Gasteiger partial charge in [0.25, 0.3) is 0 Å². The molecule has 0 unspecified atom stereocenters. The predicted octanol–water partition coefficient (Wildman–Crippen LogP) is 2.34. The van der Waals surface area contributed by atoms with Gasteiger partial charge < -0.3 is 10.4 Å². The topological polar surface area (TPSA) is 129 Å². The number of halogens is 2. The van der Waals surface area contributed by atoms with Crippen molar-refractivity contribution in [3.8, 4) is 0 Å². The summed E-state index contributed by atoms with van der Waals surface area (Å²) in [6.07, 6.45) is 2.42. The standard InChI is InChI=1S/C11H13N3O3S.C8H9F2N.CH4O/c1-7(8(5-15)6-16)10-3-9(18-12)4-13-11(10)14(2)17;1-11-5-6-2-3-7(9)4-8(6)10;1-2/h3-6,17H,12H2,1-2H3;2-4,11H,5H2,1H3;2H,1H3. The molecule has 0 amide bonds. The van der Waals surface area contributed by atoms with Gasteiger partial charge in [-0.3, -0.25) is 19.9 Å². The van der Waals surface area contributed by atoms with Crippen molar-refractivity contribution in [1.82, 2.24) is 10.3 Å². The van der Waals surface area contributed by atoms with Crippen LogP contribution in [0.1, 0.15) is 18.1 Å². The molecule has 31 heavy (non-hydrogen) atoms. The van der Waals surface area contributed by atoms with Gasteiger partial charge in [0.15, 0.2) is 18.4 Å². The van der Waals surface area contributed by atoms with E-state index in [-0.39, 0.29) is 11.4 Å². The first-order valence-electron chi connectivity index (χ1n) is 8.73. The molecular formula is C20H26F2N4O4S. The maximum Gasteiger partial charge on any atom is 0.159 e. The second-order valence-electron chi connectivity index (χ2n) is 5.77. The van der Waals surface area contributed by atoms with Crippen molar-refractivity contribution in [3.63, 3.8) is 0 Å². The van der Waals surface area contributed by atoms with E-state index in [2.05, 4.69) is 10.3 Å². The molecule has 0 radical (unpaired) electrons.